The maximum atomic E-state index is 11.0. The highest BCUT2D eigenvalue weighted by molar-refractivity contribution is 5.80. The maximum Gasteiger partial charge on any atom is 0.246 e. The van der Waals surface area contributed by atoms with E-state index in [9.17, 15) is 4.79 Å². The number of hydrogen-bond donors (Lipinski definition) is 2. The second-order valence-corrected chi connectivity index (χ2v) is 4.63. The van der Waals surface area contributed by atoms with E-state index in [1.807, 2.05) is 0 Å². The summed E-state index contributed by atoms with van der Waals surface area (Å²) in [5.74, 6) is 0.458. The molecule has 0 aliphatic heterocycles. The lowest BCUT2D eigenvalue weighted by molar-refractivity contribution is -0.130. The fourth-order valence-corrected chi connectivity index (χ4v) is 2.16. The van der Waals surface area contributed by atoms with Crippen molar-refractivity contribution in [3.8, 4) is 0 Å². The van der Waals surface area contributed by atoms with Crippen molar-refractivity contribution in [1.82, 2.24) is 5.48 Å². The molecule has 0 saturated heterocycles. The summed E-state index contributed by atoms with van der Waals surface area (Å²) in [6, 6.07) is 0. The van der Waals surface area contributed by atoms with Crippen LogP contribution in [0.3, 0.4) is 0 Å². The first-order chi connectivity index (χ1) is 7.29. The highest BCUT2D eigenvalue weighted by Crippen LogP contribution is 2.42. The average molecular weight is 213 g/mol. The van der Waals surface area contributed by atoms with Crippen molar-refractivity contribution < 1.29 is 10.0 Å². The van der Waals surface area contributed by atoms with Gasteiger partial charge in [0.15, 0.2) is 0 Å². The standard InChI is InChI=1S/C12H23NO2/c1-2-3-4-5-6-7-8-10-9-11(10)12(14)13-15/h10-11,15H,2-9H2,1H3,(H,13,14)/t10-,11-/m0/s1. The van der Waals surface area contributed by atoms with Crippen LogP contribution in [-0.2, 0) is 4.79 Å². The molecule has 2 atom stereocenters. The molecule has 3 nitrogen and oxygen atoms in total. The van der Waals surface area contributed by atoms with E-state index in [0.717, 1.165) is 12.8 Å². The van der Waals surface area contributed by atoms with Crippen molar-refractivity contribution in [3.05, 3.63) is 0 Å². The highest BCUT2D eigenvalue weighted by atomic mass is 16.5. The Morgan fingerprint density at radius 1 is 1.27 bits per heavy atom. The Kier molecular flexibility index (Phi) is 5.69. The smallest absolute Gasteiger partial charge is 0.246 e. The van der Waals surface area contributed by atoms with Crippen molar-refractivity contribution in [1.29, 1.82) is 0 Å². The molecule has 0 unspecified atom stereocenters. The minimum absolute atomic E-state index is 0.102. The molecule has 2 N–H and O–H groups in total. The van der Waals surface area contributed by atoms with E-state index in [1.165, 1.54) is 38.5 Å². The lowest BCUT2D eigenvalue weighted by atomic mass is 10.1. The van der Waals surface area contributed by atoms with E-state index in [4.69, 9.17) is 5.21 Å². The average Bonchev–Trinajstić information content (AvgIpc) is 3.01. The number of rotatable bonds is 8. The number of carbonyl (C=O) groups is 1. The van der Waals surface area contributed by atoms with Crippen LogP contribution in [0, 0.1) is 11.8 Å². The van der Waals surface area contributed by atoms with E-state index in [1.54, 1.807) is 5.48 Å². The van der Waals surface area contributed by atoms with Crippen LogP contribution in [0.5, 0.6) is 0 Å². The Hall–Kier alpha value is -0.570. The molecule has 0 bridgehead atoms. The van der Waals surface area contributed by atoms with Crippen LogP contribution in [0.25, 0.3) is 0 Å². The summed E-state index contributed by atoms with van der Waals surface area (Å²) in [7, 11) is 0. The van der Waals surface area contributed by atoms with Gasteiger partial charge in [0.05, 0.1) is 0 Å². The molecule has 0 aromatic heterocycles. The van der Waals surface area contributed by atoms with Gasteiger partial charge in [0.1, 0.15) is 0 Å². The summed E-state index contributed by atoms with van der Waals surface area (Å²) in [5, 5.41) is 8.43. The van der Waals surface area contributed by atoms with Gasteiger partial charge >= 0.3 is 0 Å². The third kappa shape index (κ3) is 4.65. The van der Waals surface area contributed by atoms with E-state index < -0.39 is 0 Å². The first kappa shape index (κ1) is 12.5. The molecule has 0 radical (unpaired) electrons. The molecule has 0 heterocycles. The van der Waals surface area contributed by atoms with Crippen LogP contribution in [0.2, 0.25) is 0 Å². The third-order valence-corrected chi connectivity index (χ3v) is 3.30. The molecule has 1 rings (SSSR count). The second-order valence-electron chi connectivity index (χ2n) is 4.63. The van der Waals surface area contributed by atoms with Gasteiger partial charge in [-0.05, 0) is 18.8 Å². The van der Waals surface area contributed by atoms with Gasteiger partial charge in [0, 0.05) is 5.92 Å². The molecular formula is C12H23NO2. The van der Waals surface area contributed by atoms with Gasteiger partial charge in [-0.1, -0.05) is 45.4 Å². The normalized spacial score (nSPS) is 23.9. The van der Waals surface area contributed by atoms with Crippen molar-refractivity contribution in [3.63, 3.8) is 0 Å². The Balaban J connectivity index is 1.88. The number of amides is 1. The van der Waals surface area contributed by atoms with Gasteiger partial charge < -0.3 is 0 Å². The minimum atomic E-state index is -0.189. The number of carbonyl (C=O) groups excluding carboxylic acids is 1. The zero-order valence-corrected chi connectivity index (χ0v) is 9.67. The topological polar surface area (TPSA) is 49.3 Å². The van der Waals surface area contributed by atoms with Crippen LogP contribution in [0.4, 0.5) is 0 Å². The molecule has 88 valence electrons. The number of unbranched alkanes of at least 4 members (excludes halogenated alkanes) is 5. The molecule has 1 fully saturated rings. The Labute approximate surface area is 92.2 Å². The molecule has 1 saturated carbocycles. The predicted octanol–water partition coefficient (Wildman–Crippen LogP) is 2.88. The maximum absolute atomic E-state index is 11.0. The second kappa shape index (κ2) is 6.83. The van der Waals surface area contributed by atoms with Gasteiger partial charge in [-0.2, -0.15) is 0 Å². The quantitative estimate of drug-likeness (QED) is 0.370. The fourth-order valence-electron chi connectivity index (χ4n) is 2.16. The van der Waals surface area contributed by atoms with Crippen LogP contribution in [0.15, 0.2) is 0 Å². The van der Waals surface area contributed by atoms with Crippen molar-refractivity contribution in [2.24, 2.45) is 11.8 Å². The number of hydroxylamine groups is 1. The van der Waals surface area contributed by atoms with Crippen LogP contribution < -0.4 is 5.48 Å². The summed E-state index contributed by atoms with van der Waals surface area (Å²) in [5.41, 5.74) is 1.74. The van der Waals surface area contributed by atoms with Gasteiger partial charge in [-0.3, -0.25) is 10.0 Å². The molecule has 1 amide bonds. The van der Waals surface area contributed by atoms with Gasteiger partial charge in [-0.25, -0.2) is 5.48 Å². The molecule has 0 spiro atoms. The first-order valence-corrected chi connectivity index (χ1v) is 6.23. The summed E-state index contributed by atoms with van der Waals surface area (Å²) in [6.45, 7) is 2.22. The van der Waals surface area contributed by atoms with Gasteiger partial charge in [0.2, 0.25) is 5.91 Å². The van der Waals surface area contributed by atoms with Crippen LogP contribution in [0.1, 0.15) is 58.3 Å². The zero-order chi connectivity index (χ0) is 11.1. The highest BCUT2D eigenvalue weighted by Gasteiger charge is 2.41. The van der Waals surface area contributed by atoms with E-state index in [0.29, 0.717) is 5.92 Å². The molecule has 0 aromatic carbocycles. The lowest BCUT2D eigenvalue weighted by Gasteiger charge is -2.00. The Morgan fingerprint density at radius 3 is 2.60 bits per heavy atom. The molecule has 1 aliphatic carbocycles. The largest absolute Gasteiger partial charge is 0.289 e. The molecule has 1 aliphatic rings. The van der Waals surface area contributed by atoms with Crippen LogP contribution >= 0.6 is 0 Å². The van der Waals surface area contributed by atoms with E-state index in [-0.39, 0.29) is 11.8 Å². The lowest BCUT2D eigenvalue weighted by Crippen LogP contribution is -2.21. The van der Waals surface area contributed by atoms with Crippen molar-refractivity contribution in [2.45, 2.75) is 58.3 Å². The molecule has 15 heavy (non-hydrogen) atoms. The summed E-state index contributed by atoms with van der Waals surface area (Å²) in [4.78, 5) is 11.0. The zero-order valence-electron chi connectivity index (χ0n) is 9.67. The fraction of sp³-hybridized carbons (Fsp3) is 0.917. The van der Waals surface area contributed by atoms with E-state index >= 15 is 0 Å². The SMILES string of the molecule is CCCCCCCC[C@H]1C[C@@H]1C(=O)NO. The monoisotopic (exact) mass is 213 g/mol. The number of hydrogen-bond acceptors (Lipinski definition) is 2. The van der Waals surface area contributed by atoms with Crippen LogP contribution in [-0.4, -0.2) is 11.1 Å². The molecule has 0 aromatic rings. The van der Waals surface area contributed by atoms with Crippen molar-refractivity contribution in [2.75, 3.05) is 0 Å². The summed E-state index contributed by atoms with van der Waals surface area (Å²) >= 11 is 0. The predicted molar refractivity (Wildman–Crippen MR) is 59.5 cm³/mol. The van der Waals surface area contributed by atoms with Gasteiger partial charge in [0.25, 0.3) is 0 Å². The van der Waals surface area contributed by atoms with E-state index in [2.05, 4.69) is 6.92 Å². The minimum Gasteiger partial charge on any atom is -0.289 e. The first-order valence-electron chi connectivity index (χ1n) is 6.23. The third-order valence-electron chi connectivity index (χ3n) is 3.30. The molecule has 3 heteroatoms. The summed E-state index contributed by atoms with van der Waals surface area (Å²) in [6.07, 6.45) is 9.98. The summed E-state index contributed by atoms with van der Waals surface area (Å²) < 4.78 is 0. The molecular weight excluding hydrogens is 190 g/mol. The van der Waals surface area contributed by atoms with Gasteiger partial charge in [-0.15, -0.1) is 0 Å². The Bertz CT molecular complexity index is 194. The number of nitrogens with one attached hydrogen (secondary N) is 1. The van der Waals surface area contributed by atoms with Crippen molar-refractivity contribution >= 4 is 5.91 Å². The Morgan fingerprint density at radius 2 is 1.93 bits per heavy atom.